The first-order chi connectivity index (χ1) is 9.08. The Labute approximate surface area is 116 Å². The average Bonchev–Trinajstić information content (AvgIpc) is 2.39. The van der Waals surface area contributed by atoms with Crippen LogP contribution in [0.3, 0.4) is 0 Å². The van der Waals surface area contributed by atoms with Gasteiger partial charge < -0.3 is 0 Å². The third-order valence-electron chi connectivity index (χ3n) is 2.82. The molecule has 0 atom stereocenters. The van der Waals surface area contributed by atoms with E-state index in [1.54, 1.807) is 36.0 Å². The van der Waals surface area contributed by atoms with Gasteiger partial charge in [0.05, 0.1) is 4.92 Å². The molecule has 0 saturated heterocycles. The standard InChI is InChI=1S/C15H15NO2S/c1-11(2)14-5-3-4-6-15(14)19-13-9-7-12(8-10-13)16(17)18/h3-11H,1-2H3. The van der Waals surface area contributed by atoms with Gasteiger partial charge in [-0.1, -0.05) is 43.8 Å². The van der Waals surface area contributed by atoms with Crippen LogP contribution in [0.4, 0.5) is 5.69 Å². The van der Waals surface area contributed by atoms with Crippen molar-refractivity contribution in [3.05, 3.63) is 64.2 Å². The van der Waals surface area contributed by atoms with Crippen molar-refractivity contribution >= 4 is 17.4 Å². The Morgan fingerprint density at radius 1 is 1.05 bits per heavy atom. The minimum Gasteiger partial charge on any atom is -0.258 e. The molecule has 0 aliphatic heterocycles. The van der Waals surface area contributed by atoms with Crippen molar-refractivity contribution in [1.82, 2.24) is 0 Å². The fourth-order valence-corrected chi connectivity index (χ4v) is 2.91. The molecule has 0 amide bonds. The lowest BCUT2D eigenvalue weighted by molar-refractivity contribution is -0.384. The van der Waals surface area contributed by atoms with Crippen molar-refractivity contribution in [3.8, 4) is 0 Å². The van der Waals surface area contributed by atoms with E-state index in [0.717, 1.165) is 4.90 Å². The van der Waals surface area contributed by atoms with Gasteiger partial charge in [0.2, 0.25) is 0 Å². The van der Waals surface area contributed by atoms with E-state index in [-0.39, 0.29) is 10.6 Å². The summed E-state index contributed by atoms with van der Waals surface area (Å²) < 4.78 is 0. The van der Waals surface area contributed by atoms with E-state index in [2.05, 4.69) is 26.0 Å². The highest BCUT2D eigenvalue weighted by Crippen LogP contribution is 2.34. The van der Waals surface area contributed by atoms with Crippen LogP contribution in [0.25, 0.3) is 0 Å². The van der Waals surface area contributed by atoms with Crippen LogP contribution in [0, 0.1) is 10.1 Å². The molecule has 0 saturated carbocycles. The van der Waals surface area contributed by atoms with Gasteiger partial charge in [0.25, 0.3) is 5.69 Å². The summed E-state index contributed by atoms with van der Waals surface area (Å²) in [6.45, 7) is 4.32. The molecule has 0 N–H and O–H groups in total. The largest absolute Gasteiger partial charge is 0.269 e. The van der Waals surface area contributed by atoms with Gasteiger partial charge in [-0.2, -0.15) is 0 Å². The van der Waals surface area contributed by atoms with Crippen LogP contribution < -0.4 is 0 Å². The fourth-order valence-electron chi connectivity index (χ4n) is 1.81. The highest BCUT2D eigenvalue weighted by atomic mass is 32.2. The van der Waals surface area contributed by atoms with Crippen LogP contribution >= 0.6 is 11.8 Å². The third-order valence-corrected chi connectivity index (χ3v) is 3.92. The topological polar surface area (TPSA) is 43.1 Å². The van der Waals surface area contributed by atoms with Crippen molar-refractivity contribution in [3.63, 3.8) is 0 Å². The van der Waals surface area contributed by atoms with E-state index in [1.165, 1.54) is 10.5 Å². The zero-order chi connectivity index (χ0) is 13.8. The second kappa shape index (κ2) is 5.89. The minimum atomic E-state index is -0.378. The number of nitrogens with zero attached hydrogens (tertiary/aromatic N) is 1. The van der Waals surface area contributed by atoms with Gasteiger partial charge in [-0.25, -0.2) is 0 Å². The Hall–Kier alpha value is -1.81. The van der Waals surface area contributed by atoms with Crippen LogP contribution in [0.2, 0.25) is 0 Å². The van der Waals surface area contributed by atoms with Gasteiger partial charge in [0, 0.05) is 21.9 Å². The van der Waals surface area contributed by atoms with Gasteiger partial charge >= 0.3 is 0 Å². The molecule has 0 radical (unpaired) electrons. The summed E-state index contributed by atoms with van der Waals surface area (Å²) in [5.74, 6) is 0.460. The van der Waals surface area contributed by atoms with Crippen molar-refractivity contribution in [2.75, 3.05) is 0 Å². The summed E-state index contributed by atoms with van der Waals surface area (Å²) in [7, 11) is 0. The predicted octanol–water partition coefficient (Wildman–Crippen LogP) is 4.87. The third kappa shape index (κ3) is 3.35. The van der Waals surface area contributed by atoms with Crippen LogP contribution in [-0.2, 0) is 0 Å². The van der Waals surface area contributed by atoms with Crippen molar-refractivity contribution in [2.24, 2.45) is 0 Å². The molecule has 19 heavy (non-hydrogen) atoms. The van der Waals surface area contributed by atoms with Crippen LogP contribution in [0.15, 0.2) is 58.3 Å². The maximum atomic E-state index is 10.6. The van der Waals surface area contributed by atoms with Gasteiger partial charge in [-0.3, -0.25) is 10.1 Å². The first-order valence-corrected chi connectivity index (χ1v) is 6.91. The van der Waals surface area contributed by atoms with Gasteiger partial charge in [0.1, 0.15) is 0 Å². The Morgan fingerprint density at radius 3 is 2.26 bits per heavy atom. The molecule has 0 aromatic heterocycles. The molecule has 2 rings (SSSR count). The summed E-state index contributed by atoms with van der Waals surface area (Å²) >= 11 is 1.64. The summed E-state index contributed by atoms with van der Waals surface area (Å²) in [5.41, 5.74) is 1.42. The number of benzene rings is 2. The smallest absolute Gasteiger partial charge is 0.258 e. The first kappa shape index (κ1) is 13.6. The zero-order valence-electron chi connectivity index (χ0n) is 10.9. The summed E-state index contributed by atoms with van der Waals surface area (Å²) in [6, 6.07) is 14.9. The lowest BCUT2D eigenvalue weighted by Gasteiger charge is -2.11. The molecule has 0 heterocycles. The molecule has 0 bridgehead atoms. The molecule has 0 unspecified atom stereocenters. The Balaban J connectivity index is 2.24. The molecule has 3 nitrogen and oxygen atoms in total. The number of non-ortho nitro benzene ring substituents is 1. The molecule has 2 aromatic rings. The number of rotatable bonds is 4. The molecule has 0 aliphatic carbocycles. The Morgan fingerprint density at radius 2 is 1.68 bits per heavy atom. The first-order valence-electron chi connectivity index (χ1n) is 6.09. The Kier molecular flexibility index (Phi) is 4.22. The molecule has 2 aromatic carbocycles. The quantitative estimate of drug-likeness (QED) is 0.589. The monoisotopic (exact) mass is 273 g/mol. The lowest BCUT2D eigenvalue weighted by atomic mass is 10.0. The number of nitro benzene ring substituents is 1. The van der Waals surface area contributed by atoms with E-state index >= 15 is 0 Å². The fraction of sp³-hybridized carbons (Fsp3) is 0.200. The summed E-state index contributed by atoms with van der Waals surface area (Å²) in [5, 5.41) is 10.6. The highest BCUT2D eigenvalue weighted by Gasteiger charge is 2.09. The van der Waals surface area contributed by atoms with E-state index in [0.29, 0.717) is 5.92 Å². The highest BCUT2D eigenvalue weighted by molar-refractivity contribution is 7.99. The van der Waals surface area contributed by atoms with E-state index in [4.69, 9.17) is 0 Å². The SMILES string of the molecule is CC(C)c1ccccc1Sc1ccc([N+](=O)[O-])cc1. The van der Waals surface area contributed by atoms with Crippen molar-refractivity contribution in [2.45, 2.75) is 29.6 Å². The molecule has 98 valence electrons. The molecule has 0 spiro atoms. The van der Waals surface area contributed by atoms with Crippen molar-refractivity contribution < 1.29 is 4.92 Å². The Bertz CT molecular complexity index is 579. The van der Waals surface area contributed by atoms with Gasteiger partial charge in [0.15, 0.2) is 0 Å². The van der Waals surface area contributed by atoms with Crippen LogP contribution in [-0.4, -0.2) is 4.92 Å². The molecule has 4 heteroatoms. The van der Waals surface area contributed by atoms with Crippen molar-refractivity contribution in [1.29, 1.82) is 0 Å². The summed E-state index contributed by atoms with van der Waals surface area (Å²) in [4.78, 5) is 12.4. The molecular formula is C15H15NO2S. The average molecular weight is 273 g/mol. The second-order valence-corrected chi connectivity index (χ2v) is 5.66. The second-order valence-electron chi connectivity index (χ2n) is 4.55. The van der Waals surface area contributed by atoms with Crippen LogP contribution in [0.1, 0.15) is 25.3 Å². The zero-order valence-corrected chi connectivity index (χ0v) is 11.7. The summed E-state index contributed by atoms with van der Waals surface area (Å²) in [6.07, 6.45) is 0. The number of hydrogen-bond acceptors (Lipinski definition) is 3. The van der Waals surface area contributed by atoms with Crippen LogP contribution in [0.5, 0.6) is 0 Å². The molecule has 0 aliphatic rings. The number of nitro groups is 1. The maximum Gasteiger partial charge on any atom is 0.269 e. The maximum absolute atomic E-state index is 10.6. The van der Waals surface area contributed by atoms with Gasteiger partial charge in [-0.05, 0) is 29.7 Å². The van der Waals surface area contributed by atoms with Gasteiger partial charge in [-0.15, -0.1) is 0 Å². The van der Waals surface area contributed by atoms with E-state index in [9.17, 15) is 10.1 Å². The predicted molar refractivity (Wildman–Crippen MR) is 77.8 cm³/mol. The minimum absolute atomic E-state index is 0.126. The normalized spacial score (nSPS) is 10.7. The lowest BCUT2D eigenvalue weighted by Crippen LogP contribution is -1.90. The molecular weight excluding hydrogens is 258 g/mol. The van der Waals surface area contributed by atoms with E-state index in [1.807, 2.05) is 12.1 Å². The number of hydrogen-bond donors (Lipinski definition) is 0. The molecule has 0 fully saturated rings. The van der Waals surface area contributed by atoms with E-state index < -0.39 is 0 Å².